The Morgan fingerprint density at radius 2 is 1.60 bits per heavy atom. The van der Waals surface area contributed by atoms with Crippen LogP contribution in [0.2, 0.25) is 5.02 Å². The minimum absolute atomic E-state index is 0.0780. The van der Waals surface area contributed by atoms with Crippen LogP contribution in [0.1, 0.15) is 44.3 Å². The third kappa shape index (κ3) is 5.46. The predicted molar refractivity (Wildman–Crippen MR) is 150 cm³/mol. The number of hydrogen-bond donors (Lipinski definition) is 1. The van der Waals surface area contributed by atoms with Crippen molar-refractivity contribution in [1.29, 1.82) is 0 Å². The number of halogens is 1. The van der Waals surface area contributed by atoms with E-state index in [9.17, 15) is 8.42 Å². The van der Waals surface area contributed by atoms with Crippen molar-refractivity contribution in [3.05, 3.63) is 53.3 Å². The molecule has 214 valence electrons. The standard InChI is InChI=1S/C25H31ClN8O5S/c1-14(2)20-17(13-29-33(20)4)24-30-31-25(34(24)21-18(37-5)9-8-10-19(21)38-6)32-40(35,36)15(3)22(39-7)23-27-11-16(26)12-28-23/h8-15,22H,1-7H3,(H,31,32). The van der Waals surface area contributed by atoms with Crippen molar-refractivity contribution in [1.82, 2.24) is 34.5 Å². The van der Waals surface area contributed by atoms with E-state index in [1.54, 1.807) is 33.6 Å². The van der Waals surface area contributed by atoms with Crippen LogP contribution in [-0.2, 0) is 21.8 Å². The average Bonchev–Trinajstić information content (AvgIpc) is 3.51. The highest BCUT2D eigenvalue weighted by Crippen LogP contribution is 2.39. The summed E-state index contributed by atoms with van der Waals surface area (Å²) < 4.78 is 50.1. The number of nitrogens with zero attached hydrogens (tertiary/aromatic N) is 7. The molecule has 3 aromatic heterocycles. The molecule has 13 nitrogen and oxygen atoms in total. The predicted octanol–water partition coefficient (Wildman–Crippen LogP) is 3.77. The molecule has 40 heavy (non-hydrogen) atoms. The Morgan fingerprint density at radius 3 is 2.15 bits per heavy atom. The minimum Gasteiger partial charge on any atom is -0.494 e. The number of ether oxygens (including phenoxy) is 3. The Morgan fingerprint density at radius 1 is 0.975 bits per heavy atom. The third-order valence-electron chi connectivity index (χ3n) is 6.36. The van der Waals surface area contributed by atoms with Crippen LogP contribution in [0.5, 0.6) is 11.5 Å². The second-order valence-corrected chi connectivity index (χ2v) is 11.7. The van der Waals surface area contributed by atoms with Crippen LogP contribution in [-0.4, -0.2) is 69.5 Å². The van der Waals surface area contributed by atoms with Gasteiger partial charge in [0, 0.05) is 26.6 Å². The van der Waals surface area contributed by atoms with E-state index in [1.807, 2.05) is 20.9 Å². The van der Waals surface area contributed by atoms with E-state index < -0.39 is 21.4 Å². The molecule has 15 heteroatoms. The molecule has 0 spiro atoms. The van der Waals surface area contributed by atoms with Crippen molar-refractivity contribution < 1.29 is 22.6 Å². The zero-order chi connectivity index (χ0) is 29.2. The number of aryl methyl sites for hydroxylation is 1. The van der Waals surface area contributed by atoms with Crippen LogP contribution in [0.15, 0.2) is 36.8 Å². The Labute approximate surface area is 237 Å². The molecule has 3 heterocycles. The number of hydrogen-bond acceptors (Lipinski definition) is 10. The Hall–Kier alpha value is -3.75. The molecule has 0 saturated carbocycles. The molecule has 4 rings (SSSR count). The summed E-state index contributed by atoms with van der Waals surface area (Å²) in [7, 11) is 2.07. The molecular weight excluding hydrogens is 560 g/mol. The van der Waals surface area contributed by atoms with Crippen molar-refractivity contribution in [2.75, 3.05) is 26.1 Å². The van der Waals surface area contributed by atoms with Gasteiger partial charge in [0.15, 0.2) is 11.6 Å². The Bertz CT molecular complexity index is 1560. The van der Waals surface area contributed by atoms with Gasteiger partial charge in [-0.1, -0.05) is 31.5 Å². The molecule has 2 unspecified atom stereocenters. The minimum atomic E-state index is -4.16. The first-order valence-electron chi connectivity index (χ1n) is 12.2. The van der Waals surface area contributed by atoms with Crippen molar-refractivity contribution in [3.8, 4) is 28.6 Å². The van der Waals surface area contributed by atoms with Crippen LogP contribution in [0.3, 0.4) is 0 Å². The summed E-state index contributed by atoms with van der Waals surface area (Å²) in [4.78, 5) is 8.28. The molecule has 0 aliphatic rings. The molecule has 0 bridgehead atoms. The van der Waals surface area contributed by atoms with Gasteiger partial charge in [-0.2, -0.15) is 5.10 Å². The van der Waals surface area contributed by atoms with E-state index in [0.717, 1.165) is 5.69 Å². The maximum atomic E-state index is 13.7. The average molecular weight is 591 g/mol. The first-order chi connectivity index (χ1) is 19.0. The maximum absolute atomic E-state index is 13.7. The van der Waals surface area contributed by atoms with Crippen LogP contribution in [0.4, 0.5) is 5.95 Å². The van der Waals surface area contributed by atoms with E-state index in [1.165, 1.54) is 40.6 Å². The molecule has 1 N–H and O–H groups in total. The van der Waals surface area contributed by atoms with Gasteiger partial charge in [0.25, 0.3) is 0 Å². The lowest BCUT2D eigenvalue weighted by molar-refractivity contribution is 0.0950. The fourth-order valence-electron chi connectivity index (χ4n) is 4.45. The summed E-state index contributed by atoms with van der Waals surface area (Å²) >= 11 is 5.91. The molecular formula is C25H31ClN8O5S. The zero-order valence-electron chi connectivity index (χ0n) is 23.2. The van der Waals surface area contributed by atoms with Gasteiger partial charge in [0.2, 0.25) is 16.0 Å². The lowest BCUT2D eigenvalue weighted by Crippen LogP contribution is -2.33. The van der Waals surface area contributed by atoms with Gasteiger partial charge in [-0.05, 0) is 25.0 Å². The van der Waals surface area contributed by atoms with Gasteiger partial charge >= 0.3 is 0 Å². The Balaban J connectivity index is 1.89. The summed E-state index contributed by atoms with van der Waals surface area (Å²) in [5, 5.41) is 12.2. The number of benzene rings is 1. The molecule has 0 radical (unpaired) electrons. The van der Waals surface area contributed by atoms with Crippen molar-refractivity contribution in [2.24, 2.45) is 7.05 Å². The number of methoxy groups -OCH3 is 3. The summed E-state index contributed by atoms with van der Waals surface area (Å²) in [6.07, 6.45) is 3.41. The molecule has 0 aliphatic heterocycles. The first kappa shape index (κ1) is 29.2. The monoisotopic (exact) mass is 590 g/mol. The largest absolute Gasteiger partial charge is 0.494 e. The molecule has 0 fully saturated rings. The normalized spacial score (nSPS) is 13.3. The molecule has 1 aromatic carbocycles. The zero-order valence-corrected chi connectivity index (χ0v) is 24.7. The summed E-state index contributed by atoms with van der Waals surface area (Å²) in [6.45, 7) is 5.54. The fourth-order valence-corrected chi connectivity index (χ4v) is 5.68. The third-order valence-corrected chi connectivity index (χ3v) is 8.25. The molecule has 0 aliphatic carbocycles. The van der Waals surface area contributed by atoms with Crippen molar-refractivity contribution in [2.45, 2.75) is 38.0 Å². The molecule has 0 saturated heterocycles. The van der Waals surface area contributed by atoms with Crippen LogP contribution in [0, 0.1) is 0 Å². The highest BCUT2D eigenvalue weighted by atomic mass is 35.5. The maximum Gasteiger partial charge on any atom is 0.243 e. The lowest BCUT2D eigenvalue weighted by atomic mass is 10.1. The molecule has 2 atom stereocenters. The number of para-hydroxylation sites is 1. The van der Waals surface area contributed by atoms with Gasteiger partial charge in [-0.3, -0.25) is 14.0 Å². The number of nitrogens with one attached hydrogen (secondary N) is 1. The number of sulfonamides is 1. The summed E-state index contributed by atoms with van der Waals surface area (Å²) in [5.74, 6) is 1.32. The van der Waals surface area contributed by atoms with Crippen LogP contribution >= 0.6 is 11.6 Å². The SMILES string of the molecule is COc1cccc(OC)c1-n1c(NS(=O)(=O)C(C)C(OC)c2ncc(Cl)cn2)nnc1-c1cnn(C)c1C(C)C. The summed E-state index contributed by atoms with van der Waals surface area (Å²) in [6, 6.07) is 5.22. The van der Waals surface area contributed by atoms with Gasteiger partial charge < -0.3 is 14.2 Å². The van der Waals surface area contributed by atoms with E-state index >= 15 is 0 Å². The first-order valence-corrected chi connectivity index (χ1v) is 14.2. The van der Waals surface area contributed by atoms with Gasteiger partial charge in [0.05, 0.1) is 36.7 Å². The second kappa shape index (κ2) is 11.8. The number of aromatic nitrogens is 7. The highest BCUT2D eigenvalue weighted by Gasteiger charge is 2.35. The van der Waals surface area contributed by atoms with Gasteiger partial charge in [-0.15, -0.1) is 10.2 Å². The second-order valence-electron chi connectivity index (χ2n) is 9.18. The molecule has 0 amide bonds. The topological polar surface area (TPSA) is 148 Å². The number of rotatable bonds is 11. The van der Waals surface area contributed by atoms with E-state index in [2.05, 4.69) is 30.0 Å². The van der Waals surface area contributed by atoms with Gasteiger partial charge in [-0.25, -0.2) is 18.4 Å². The number of anilines is 1. The summed E-state index contributed by atoms with van der Waals surface area (Å²) in [5.41, 5.74) is 1.95. The van der Waals surface area contributed by atoms with E-state index in [-0.39, 0.29) is 17.7 Å². The molecule has 4 aromatic rings. The smallest absolute Gasteiger partial charge is 0.243 e. The Kier molecular flexibility index (Phi) is 8.61. The van der Waals surface area contributed by atoms with Crippen LogP contribution < -0.4 is 14.2 Å². The highest BCUT2D eigenvalue weighted by molar-refractivity contribution is 7.93. The van der Waals surface area contributed by atoms with E-state index in [0.29, 0.717) is 33.6 Å². The van der Waals surface area contributed by atoms with E-state index in [4.69, 9.17) is 25.8 Å². The lowest BCUT2D eigenvalue weighted by Gasteiger charge is -2.23. The van der Waals surface area contributed by atoms with Crippen molar-refractivity contribution in [3.63, 3.8) is 0 Å². The van der Waals surface area contributed by atoms with Crippen LogP contribution in [0.25, 0.3) is 17.1 Å². The quantitative estimate of drug-likeness (QED) is 0.273. The fraction of sp³-hybridized carbons (Fsp3) is 0.400. The van der Waals surface area contributed by atoms with Crippen molar-refractivity contribution >= 4 is 27.6 Å². The van der Waals surface area contributed by atoms with Gasteiger partial charge in [0.1, 0.15) is 28.5 Å².